The number of anilines is 2. The number of para-hydroxylation sites is 1. The van der Waals surface area contributed by atoms with Gasteiger partial charge in [0.05, 0.1) is 5.56 Å². The quantitative estimate of drug-likeness (QED) is 0.583. The van der Waals surface area contributed by atoms with Crippen molar-refractivity contribution in [3.05, 3.63) is 54.1 Å². The molecule has 0 aliphatic carbocycles. The van der Waals surface area contributed by atoms with Crippen molar-refractivity contribution < 1.29 is 9.53 Å². The molecule has 5 heteroatoms. The SMILES string of the molecule is CCNc1ccccc1C(=O)Nc1ccc(OC(C)(C)N(CC)C(C)C)cc1. The second kappa shape index (κ2) is 9.60. The van der Waals surface area contributed by atoms with E-state index in [9.17, 15) is 4.79 Å². The monoisotopic (exact) mass is 383 g/mol. The normalized spacial score (nSPS) is 11.6. The van der Waals surface area contributed by atoms with Gasteiger partial charge in [0, 0.05) is 24.0 Å². The van der Waals surface area contributed by atoms with Crippen molar-refractivity contribution in [1.29, 1.82) is 0 Å². The van der Waals surface area contributed by atoms with E-state index in [4.69, 9.17) is 4.74 Å². The van der Waals surface area contributed by atoms with Crippen LogP contribution in [0.2, 0.25) is 0 Å². The van der Waals surface area contributed by atoms with Gasteiger partial charge in [-0.1, -0.05) is 19.1 Å². The molecule has 0 spiro atoms. The number of rotatable bonds is 9. The van der Waals surface area contributed by atoms with Crippen LogP contribution in [0.15, 0.2) is 48.5 Å². The van der Waals surface area contributed by atoms with Crippen molar-refractivity contribution in [1.82, 2.24) is 4.90 Å². The maximum absolute atomic E-state index is 12.6. The van der Waals surface area contributed by atoms with Gasteiger partial charge in [0.1, 0.15) is 5.75 Å². The Morgan fingerprint density at radius 1 is 1.07 bits per heavy atom. The van der Waals surface area contributed by atoms with E-state index >= 15 is 0 Å². The summed E-state index contributed by atoms with van der Waals surface area (Å²) in [5.74, 6) is 0.637. The summed E-state index contributed by atoms with van der Waals surface area (Å²) in [6.07, 6.45) is 0. The van der Waals surface area contributed by atoms with Crippen molar-refractivity contribution in [3.63, 3.8) is 0 Å². The molecule has 0 aliphatic rings. The minimum absolute atomic E-state index is 0.137. The molecule has 2 aromatic carbocycles. The first-order valence-corrected chi connectivity index (χ1v) is 9.98. The molecule has 28 heavy (non-hydrogen) atoms. The molecule has 0 saturated carbocycles. The highest BCUT2D eigenvalue weighted by Gasteiger charge is 2.29. The number of amides is 1. The summed E-state index contributed by atoms with van der Waals surface area (Å²) in [7, 11) is 0. The number of ether oxygens (including phenoxy) is 1. The molecule has 2 aromatic rings. The van der Waals surface area contributed by atoms with E-state index < -0.39 is 5.72 Å². The molecule has 0 atom stereocenters. The summed E-state index contributed by atoms with van der Waals surface area (Å²) in [6, 6.07) is 15.4. The zero-order chi connectivity index (χ0) is 20.7. The third-order valence-corrected chi connectivity index (χ3v) is 4.67. The van der Waals surface area contributed by atoms with Gasteiger partial charge in [-0.15, -0.1) is 0 Å². The van der Waals surface area contributed by atoms with Gasteiger partial charge in [-0.25, -0.2) is 0 Å². The number of benzene rings is 2. The largest absolute Gasteiger partial charge is 0.473 e. The van der Waals surface area contributed by atoms with Crippen LogP contribution in [0.1, 0.15) is 51.9 Å². The lowest BCUT2D eigenvalue weighted by molar-refractivity contribution is -0.0701. The summed E-state index contributed by atoms with van der Waals surface area (Å²) >= 11 is 0. The zero-order valence-electron chi connectivity index (χ0n) is 17.9. The van der Waals surface area contributed by atoms with Crippen molar-refractivity contribution in [3.8, 4) is 5.75 Å². The molecule has 152 valence electrons. The van der Waals surface area contributed by atoms with Crippen LogP contribution in [-0.2, 0) is 0 Å². The highest BCUT2D eigenvalue weighted by atomic mass is 16.5. The van der Waals surface area contributed by atoms with Crippen molar-refractivity contribution in [2.75, 3.05) is 23.7 Å². The molecule has 0 fully saturated rings. The predicted octanol–water partition coefficient (Wildman–Crippen LogP) is 5.22. The fourth-order valence-corrected chi connectivity index (χ4v) is 3.55. The highest BCUT2D eigenvalue weighted by molar-refractivity contribution is 6.08. The van der Waals surface area contributed by atoms with Gasteiger partial charge >= 0.3 is 0 Å². The van der Waals surface area contributed by atoms with Crippen molar-refractivity contribution in [2.24, 2.45) is 0 Å². The lowest BCUT2D eigenvalue weighted by atomic mass is 10.1. The van der Waals surface area contributed by atoms with Crippen molar-refractivity contribution >= 4 is 17.3 Å². The van der Waals surface area contributed by atoms with Gasteiger partial charge in [0.15, 0.2) is 5.72 Å². The highest BCUT2D eigenvalue weighted by Crippen LogP contribution is 2.25. The first-order valence-electron chi connectivity index (χ1n) is 9.98. The molecule has 5 nitrogen and oxygen atoms in total. The van der Waals surface area contributed by atoms with Gasteiger partial charge in [-0.2, -0.15) is 0 Å². The topological polar surface area (TPSA) is 53.6 Å². The van der Waals surface area contributed by atoms with Gasteiger partial charge in [0.2, 0.25) is 0 Å². The van der Waals surface area contributed by atoms with E-state index in [1.807, 2.05) is 55.5 Å². The fourth-order valence-electron chi connectivity index (χ4n) is 3.55. The lowest BCUT2D eigenvalue weighted by Gasteiger charge is -2.40. The van der Waals surface area contributed by atoms with Crippen LogP contribution in [0.3, 0.4) is 0 Å². The summed E-state index contributed by atoms with van der Waals surface area (Å²) in [4.78, 5) is 14.9. The van der Waals surface area contributed by atoms with Crippen LogP contribution in [0.5, 0.6) is 5.75 Å². The average Bonchev–Trinajstić information content (AvgIpc) is 2.63. The van der Waals surface area contributed by atoms with Crippen LogP contribution in [-0.4, -0.2) is 35.7 Å². The van der Waals surface area contributed by atoms with E-state index in [1.54, 1.807) is 0 Å². The van der Waals surface area contributed by atoms with Crippen LogP contribution >= 0.6 is 0 Å². The molecule has 0 bridgehead atoms. The summed E-state index contributed by atoms with van der Waals surface area (Å²) in [6.45, 7) is 14.3. The van der Waals surface area contributed by atoms with Crippen LogP contribution in [0, 0.1) is 0 Å². The van der Waals surface area contributed by atoms with E-state index in [-0.39, 0.29) is 5.91 Å². The number of hydrogen-bond acceptors (Lipinski definition) is 4. The Morgan fingerprint density at radius 3 is 2.29 bits per heavy atom. The molecule has 1 amide bonds. The Morgan fingerprint density at radius 2 is 1.71 bits per heavy atom. The standard InChI is InChI=1S/C23H33N3O2/c1-7-24-21-12-10-9-11-20(21)22(27)25-18-13-15-19(16-14-18)28-23(5,6)26(8-2)17(3)4/h9-17,24H,7-8H2,1-6H3,(H,25,27). The Hall–Kier alpha value is -2.53. The Balaban J connectivity index is 2.08. The summed E-state index contributed by atoms with van der Waals surface area (Å²) < 4.78 is 6.22. The molecule has 0 aromatic heterocycles. The van der Waals surface area contributed by atoms with Gasteiger partial charge in [-0.3, -0.25) is 9.69 Å². The number of nitrogens with one attached hydrogen (secondary N) is 2. The fraction of sp³-hybridized carbons (Fsp3) is 0.435. The Bertz CT molecular complexity index is 770. The molecule has 0 aliphatic heterocycles. The number of carbonyl (C=O) groups excluding carboxylic acids is 1. The first-order chi connectivity index (χ1) is 13.3. The van der Waals surface area contributed by atoms with E-state index in [2.05, 4.69) is 50.2 Å². The predicted molar refractivity (Wildman–Crippen MR) is 117 cm³/mol. The Kier molecular flexibility index (Phi) is 7.46. The molecular weight excluding hydrogens is 350 g/mol. The molecule has 0 heterocycles. The maximum Gasteiger partial charge on any atom is 0.257 e. The second-order valence-electron chi connectivity index (χ2n) is 7.48. The van der Waals surface area contributed by atoms with Crippen LogP contribution < -0.4 is 15.4 Å². The molecule has 2 rings (SSSR count). The van der Waals surface area contributed by atoms with Crippen LogP contribution in [0.25, 0.3) is 0 Å². The van der Waals surface area contributed by atoms with Gasteiger partial charge in [0.25, 0.3) is 5.91 Å². The third kappa shape index (κ3) is 5.49. The second-order valence-corrected chi connectivity index (χ2v) is 7.48. The zero-order valence-corrected chi connectivity index (χ0v) is 17.9. The summed E-state index contributed by atoms with van der Waals surface area (Å²) in [5.41, 5.74) is 1.77. The molecular formula is C23H33N3O2. The average molecular weight is 384 g/mol. The van der Waals surface area contributed by atoms with Crippen LogP contribution in [0.4, 0.5) is 11.4 Å². The number of carbonyl (C=O) groups is 1. The van der Waals surface area contributed by atoms with E-state index in [0.717, 1.165) is 30.2 Å². The molecule has 0 saturated heterocycles. The van der Waals surface area contributed by atoms with E-state index in [1.165, 1.54) is 0 Å². The smallest absolute Gasteiger partial charge is 0.257 e. The minimum atomic E-state index is -0.418. The molecule has 2 N–H and O–H groups in total. The van der Waals surface area contributed by atoms with Crippen molar-refractivity contribution in [2.45, 2.75) is 53.3 Å². The Labute approximate surface area is 169 Å². The maximum atomic E-state index is 12.6. The number of nitrogens with zero attached hydrogens (tertiary/aromatic N) is 1. The number of hydrogen-bond donors (Lipinski definition) is 2. The molecule has 0 radical (unpaired) electrons. The van der Waals surface area contributed by atoms with Gasteiger partial charge < -0.3 is 15.4 Å². The van der Waals surface area contributed by atoms with Gasteiger partial charge in [-0.05, 0) is 77.6 Å². The molecule has 0 unspecified atom stereocenters. The minimum Gasteiger partial charge on any atom is -0.473 e. The first kappa shape index (κ1) is 21.8. The third-order valence-electron chi connectivity index (χ3n) is 4.67. The summed E-state index contributed by atoms with van der Waals surface area (Å²) in [5, 5.41) is 6.17. The van der Waals surface area contributed by atoms with E-state index in [0.29, 0.717) is 11.6 Å². The lowest BCUT2D eigenvalue weighted by Crippen LogP contribution is -2.51.